The van der Waals surface area contributed by atoms with Crippen molar-refractivity contribution in [2.75, 3.05) is 0 Å². The molecule has 1 amide bonds. The fourth-order valence-corrected chi connectivity index (χ4v) is 3.89. The highest BCUT2D eigenvalue weighted by molar-refractivity contribution is 9.10. The highest BCUT2D eigenvalue weighted by Crippen LogP contribution is 2.29. The van der Waals surface area contributed by atoms with Crippen LogP contribution in [0.25, 0.3) is 0 Å². The zero-order chi connectivity index (χ0) is 13.8. The van der Waals surface area contributed by atoms with Gasteiger partial charge in [0.05, 0.1) is 0 Å². The summed E-state index contributed by atoms with van der Waals surface area (Å²) in [5.74, 6) is 5.55. The number of nitrogens with zero attached hydrogens (tertiary/aromatic N) is 2. The lowest BCUT2D eigenvalue weighted by molar-refractivity contribution is 0.0953. The Morgan fingerprint density at radius 2 is 2.32 bits per heavy atom. The Morgan fingerprint density at radius 3 is 2.89 bits per heavy atom. The first-order chi connectivity index (χ1) is 9.10. The summed E-state index contributed by atoms with van der Waals surface area (Å²) < 4.78 is 1.82. The van der Waals surface area contributed by atoms with E-state index in [-0.39, 0.29) is 5.91 Å². The van der Waals surface area contributed by atoms with Gasteiger partial charge in [-0.15, -0.1) is 10.2 Å². The van der Waals surface area contributed by atoms with Crippen LogP contribution >= 0.6 is 39.0 Å². The predicted octanol–water partition coefficient (Wildman–Crippen LogP) is 2.50. The smallest absolute Gasteiger partial charge is 0.265 e. The monoisotopic (exact) mass is 358 g/mol. The molecule has 0 atom stereocenters. The Hall–Kier alpha value is -0.960. The van der Waals surface area contributed by atoms with Crippen molar-refractivity contribution in [3.63, 3.8) is 0 Å². The van der Waals surface area contributed by atoms with Gasteiger partial charge in [0, 0.05) is 15.8 Å². The largest absolute Gasteiger partial charge is 0.290 e. The van der Waals surface area contributed by atoms with Crippen LogP contribution in [0.3, 0.4) is 0 Å². The number of nitrogen functional groups attached to an aromatic ring is 1. The fraction of sp³-hybridized carbons (Fsp3) is 0.182. The van der Waals surface area contributed by atoms with Crippen LogP contribution in [0.2, 0.25) is 0 Å². The van der Waals surface area contributed by atoms with Crippen LogP contribution in [0.15, 0.2) is 27.0 Å². The molecule has 0 spiro atoms. The first-order valence-electron chi connectivity index (χ1n) is 5.32. The van der Waals surface area contributed by atoms with Gasteiger partial charge in [0.25, 0.3) is 5.91 Å². The molecule has 0 unspecified atom stereocenters. The summed E-state index contributed by atoms with van der Waals surface area (Å²) in [6.45, 7) is 1.93. The first-order valence-corrected chi connectivity index (χ1v) is 7.92. The highest BCUT2D eigenvalue weighted by Gasteiger charge is 2.08. The zero-order valence-corrected chi connectivity index (χ0v) is 13.2. The number of benzene rings is 1. The van der Waals surface area contributed by atoms with E-state index in [0.29, 0.717) is 5.56 Å². The van der Waals surface area contributed by atoms with E-state index in [9.17, 15) is 4.79 Å². The Morgan fingerprint density at radius 1 is 1.53 bits per heavy atom. The molecule has 0 aliphatic heterocycles. The van der Waals surface area contributed by atoms with Gasteiger partial charge in [0.2, 0.25) is 0 Å². The standard InChI is InChI=1S/C11H11BrN4OS2/c1-6-15-16-11(19-6)18-5-8-3-2-7(4-9(8)12)10(17)14-13/h2-4H,5,13H2,1H3,(H,14,17). The van der Waals surface area contributed by atoms with Crippen molar-refractivity contribution >= 4 is 44.9 Å². The van der Waals surface area contributed by atoms with Gasteiger partial charge in [-0.2, -0.15) is 0 Å². The third-order valence-corrected chi connectivity index (χ3v) is 5.06. The topological polar surface area (TPSA) is 80.9 Å². The molecule has 0 saturated heterocycles. The van der Waals surface area contributed by atoms with Crippen LogP contribution in [0.1, 0.15) is 20.9 Å². The molecule has 1 heterocycles. The van der Waals surface area contributed by atoms with Crippen molar-refractivity contribution < 1.29 is 4.79 Å². The summed E-state index contributed by atoms with van der Waals surface area (Å²) in [5, 5.41) is 8.98. The van der Waals surface area contributed by atoms with Gasteiger partial charge in [0.15, 0.2) is 4.34 Å². The summed E-state index contributed by atoms with van der Waals surface area (Å²) in [7, 11) is 0. The Labute approximate surface area is 127 Å². The molecule has 0 radical (unpaired) electrons. The average Bonchev–Trinajstić information content (AvgIpc) is 2.82. The lowest BCUT2D eigenvalue weighted by Gasteiger charge is -2.05. The number of nitrogens with one attached hydrogen (secondary N) is 1. The van der Waals surface area contributed by atoms with Crippen LogP contribution in [0.4, 0.5) is 0 Å². The number of hydrogen-bond donors (Lipinski definition) is 2. The summed E-state index contributed by atoms with van der Waals surface area (Å²) in [6, 6.07) is 5.40. The molecule has 0 bridgehead atoms. The molecular weight excluding hydrogens is 348 g/mol. The Kier molecular flexibility index (Phi) is 4.92. The van der Waals surface area contributed by atoms with Crippen LogP contribution in [-0.2, 0) is 5.75 Å². The van der Waals surface area contributed by atoms with Gasteiger partial charge in [-0.05, 0) is 24.6 Å². The highest BCUT2D eigenvalue weighted by atomic mass is 79.9. The van der Waals surface area contributed by atoms with Crippen molar-refractivity contribution in [1.82, 2.24) is 15.6 Å². The van der Waals surface area contributed by atoms with E-state index in [1.165, 1.54) is 0 Å². The van der Waals surface area contributed by atoms with E-state index >= 15 is 0 Å². The van der Waals surface area contributed by atoms with Gasteiger partial charge < -0.3 is 0 Å². The first kappa shape index (κ1) is 14.4. The molecule has 1 aromatic carbocycles. The van der Waals surface area contributed by atoms with E-state index in [4.69, 9.17) is 5.84 Å². The number of carbonyl (C=O) groups is 1. The minimum atomic E-state index is -0.306. The molecule has 2 rings (SSSR count). The maximum atomic E-state index is 11.4. The van der Waals surface area contributed by atoms with Crippen molar-refractivity contribution in [3.05, 3.63) is 38.8 Å². The van der Waals surface area contributed by atoms with Gasteiger partial charge in [-0.25, -0.2) is 5.84 Å². The summed E-state index contributed by atoms with van der Waals surface area (Å²) in [4.78, 5) is 11.4. The third kappa shape index (κ3) is 3.75. The molecule has 5 nitrogen and oxygen atoms in total. The quantitative estimate of drug-likeness (QED) is 0.379. The van der Waals surface area contributed by atoms with E-state index in [1.807, 2.05) is 13.0 Å². The second kappa shape index (κ2) is 6.47. The number of hydrazine groups is 1. The van der Waals surface area contributed by atoms with Crippen LogP contribution in [-0.4, -0.2) is 16.1 Å². The number of aryl methyl sites for hydroxylation is 1. The molecule has 0 aliphatic rings. The second-order valence-electron chi connectivity index (χ2n) is 3.66. The van der Waals surface area contributed by atoms with Gasteiger partial charge in [0.1, 0.15) is 5.01 Å². The number of carbonyl (C=O) groups excluding carboxylic acids is 1. The second-order valence-corrected chi connectivity index (χ2v) is 6.91. The number of aromatic nitrogens is 2. The average molecular weight is 359 g/mol. The maximum absolute atomic E-state index is 11.4. The molecule has 0 fully saturated rings. The Balaban J connectivity index is 2.07. The molecule has 1 aromatic heterocycles. The van der Waals surface area contributed by atoms with Gasteiger partial charge >= 0.3 is 0 Å². The number of rotatable bonds is 4. The molecule has 100 valence electrons. The summed E-state index contributed by atoms with van der Waals surface area (Å²) in [5.41, 5.74) is 3.72. The molecule has 19 heavy (non-hydrogen) atoms. The van der Waals surface area contributed by atoms with Crippen molar-refractivity contribution in [2.45, 2.75) is 17.0 Å². The molecular formula is C11H11BrN4OS2. The number of thioether (sulfide) groups is 1. The fourth-order valence-electron chi connectivity index (χ4n) is 1.37. The maximum Gasteiger partial charge on any atom is 0.265 e. The number of halogens is 1. The minimum absolute atomic E-state index is 0.306. The third-order valence-electron chi connectivity index (χ3n) is 2.30. The van der Waals surface area contributed by atoms with Crippen LogP contribution < -0.4 is 11.3 Å². The normalized spacial score (nSPS) is 10.5. The Bertz CT molecular complexity index is 602. The van der Waals surface area contributed by atoms with E-state index in [0.717, 1.165) is 25.1 Å². The molecule has 0 saturated carbocycles. The van der Waals surface area contributed by atoms with E-state index < -0.39 is 0 Å². The number of nitrogens with two attached hydrogens (primary N) is 1. The van der Waals surface area contributed by atoms with Gasteiger partial charge in [-0.1, -0.05) is 45.1 Å². The zero-order valence-electron chi connectivity index (χ0n) is 10.0. The van der Waals surface area contributed by atoms with Crippen molar-refractivity contribution in [2.24, 2.45) is 5.84 Å². The summed E-state index contributed by atoms with van der Waals surface area (Å²) >= 11 is 6.64. The number of hydrogen-bond acceptors (Lipinski definition) is 6. The molecule has 8 heteroatoms. The van der Waals surface area contributed by atoms with Crippen molar-refractivity contribution in [3.8, 4) is 0 Å². The van der Waals surface area contributed by atoms with Crippen molar-refractivity contribution in [1.29, 1.82) is 0 Å². The van der Waals surface area contributed by atoms with E-state index in [2.05, 4.69) is 31.6 Å². The van der Waals surface area contributed by atoms with E-state index in [1.54, 1.807) is 35.2 Å². The molecule has 0 aliphatic carbocycles. The lowest BCUT2D eigenvalue weighted by atomic mass is 10.1. The lowest BCUT2D eigenvalue weighted by Crippen LogP contribution is -2.29. The van der Waals surface area contributed by atoms with Crippen LogP contribution in [0.5, 0.6) is 0 Å². The number of amides is 1. The molecule has 3 N–H and O–H groups in total. The molecule has 2 aromatic rings. The summed E-state index contributed by atoms with van der Waals surface area (Å²) in [6.07, 6.45) is 0. The predicted molar refractivity (Wildman–Crippen MR) is 80.0 cm³/mol. The minimum Gasteiger partial charge on any atom is -0.290 e. The van der Waals surface area contributed by atoms with Crippen LogP contribution in [0, 0.1) is 6.92 Å². The SMILES string of the molecule is Cc1nnc(SCc2ccc(C(=O)NN)cc2Br)s1. The van der Waals surface area contributed by atoms with Gasteiger partial charge in [-0.3, -0.25) is 10.2 Å².